The number of rotatable bonds is 13. The van der Waals surface area contributed by atoms with Crippen molar-refractivity contribution < 1.29 is 59.9 Å². The van der Waals surface area contributed by atoms with Crippen LogP contribution in [-0.2, 0) is 26.4 Å². The van der Waals surface area contributed by atoms with Crippen molar-refractivity contribution in [2.24, 2.45) is 0 Å². The Kier molecular flexibility index (Phi) is 32.6. The fraction of sp³-hybridized carbons (Fsp3) is 0.833. The van der Waals surface area contributed by atoms with E-state index in [0.29, 0.717) is 26.2 Å². The van der Waals surface area contributed by atoms with E-state index in [2.05, 4.69) is 21.3 Å². The van der Waals surface area contributed by atoms with E-state index in [1.54, 1.807) is 0 Å². The average Bonchev–Trinajstić information content (AvgIpc) is 2.39. The number of hydrogen-bond acceptors (Lipinski definition) is 8. The first-order valence-electron chi connectivity index (χ1n) is 6.75. The molecular weight excluding hydrogens is 391 g/mol. The number of aliphatic carboxylic acids is 2. The maximum absolute atomic E-state index is 10.4. The summed E-state index contributed by atoms with van der Waals surface area (Å²) in [4.78, 5) is 20.8. The minimum Gasteiger partial charge on any atom is -1.00 e. The minimum absolute atomic E-state index is 0. The normalized spacial score (nSPS) is 11.6. The SMILES string of the molecule is C[C@H](NCCNCCNCCN[C@@H](C)C(=O)[O-])C(=O)[O-].O.O.[Cl-].[Co+3]. The molecule has 0 aromatic heterocycles. The minimum atomic E-state index is -1.11. The third-order valence-electron chi connectivity index (χ3n) is 2.69. The zero-order valence-electron chi connectivity index (χ0n) is 13.7. The molecule has 0 saturated heterocycles. The maximum atomic E-state index is 10.4. The Labute approximate surface area is 158 Å². The summed E-state index contributed by atoms with van der Waals surface area (Å²) in [5.74, 6) is -2.21. The second-order valence-electron chi connectivity index (χ2n) is 4.49. The van der Waals surface area contributed by atoms with Gasteiger partial charge in [-0.1, -0.05) is 0 Å². The zero-order valence-corrected chi connectivity index (χ0v) is 15.5. The van der Waals surface area contributed by atoms with E-state index in [1.807, 2.05) is 0 Å². The molecule has 0 saturated carbocycles. The van der Waals surface area contributed by atoms with Crippen LogP contribution in [0.25, 0.3) is 0 Å². The standard InChI is InChI=1S/C12H26N4O4.ClH.Co.2H2O/c1-9(11(17)18)15-7-5-13-3-4-14-6-8-16-10(2)12(19)20;;;;/h9-10,13-16H,3-8H2,1-2H3,(H,17,18)(H,19,20);1H;;2*1H2/q;;+3;;/p-3/t9-,10-;;;;/m0..../s1. The first kappa shape index (κ1) is 34.8. The van der Waals surface area contributed by atoms with Crippen LogP contribution in [0.2, 0.25) is 0 Å². The summed E-state index contributed by atoms with van der Waals surface area (Å²) in [6, 6.07) is -1.29. The van der Waals surface area contributed by atoms with E-state index in [1.165, 1.54) is 13.8 Å². The van der Waals surface area contributed by atoms with Gasteiger partial charge >= 0.3 is 16.8 Å². The van der Waals surface area contributed by atoms with E-state index >= 15 is 0 Å². The van der Waals surface area contributed by atoms with Crippen LogP contribution in [0.1, 0.15) is 13.8 Å². The fourth-order valence-corrected chi connectivity index (χ4v) is 1.35. The summed E-state index contributed by atoms with van der Waals surface area (Å²) in [5, 5.41) is 32.7. The summed E-state index contributed by atoms with van der Waals surface area (Å²) in [7, 11) is 0. The van der Waals surface area contributed by atoms with Crippen molar-refractivity contribution in [3.8, 4) is 0 Å². The van der Waals surface area contributed by atoms with E-state index in [-0.39, 0.29) is 40.1 Å². The molecule has 0 bridgehead atoms. The van der Waals surface area contributed by atoms with E-state index in [9.17, 15) is 19.8 Å². The molecule has 10 nitrogen and oxygen atoms in total. The third-order valence-corrected chi connectivity index (χ3v) is 2.69. The number of carbonyl (C=O) groups is 2. The molecule has 0 fully saturated rings. The number of carboxylic acid groups (broad SMARTS) is 2. The van der Waals surface area contributed by atoms with Crippen LogP contribution in [0.5, 0.6) is 0 Å². The van der Waals surface area contributed by atoms with Gasteiger partial charge in [-0.15, -0.1) is 0 Å². The quantitative estimate of drug-likeness (QED) is 0.212. The van der Waals surface area contributed by atoms with Crippen LogP contribution >= 0.6 is 0 Å². The Balaban J connectivity index is -0.000000301. The molecule has 0 unspecified atom stereocenters. The molecule has 0 heterocycles. The van der Waals surface area contributed by atoms with Gasteiger partial charge < -0.3 is 64.4 Å². The monoisotopic (exact) mass is 418 g/mol. The van der Waals surface area contributed by atoms with Gasteiger partial charge in [0.05, 0.1) is 11.9 Å². The molecule has 0 aromatic carbocycles. The van der Waals surface area contributed by atoms with Crippen LogP contribution in [0.4, 0.5) is 0 Å². The van der Waals surface area contributed by atoms with Crippen molar-refractivity contribution in [3.05, 3.63) is 0 Å². The Hall–Kier alpha value is -0.504. The molecule has 148 valence electrons. The summed E-state index contributed by atoms with van der Waals surface area (Å²) < 4.78 is 0. The van der Waals surface area contributed by atoms with Gasteiger partial charge in [0.2, 0.25) is 0 Å². The van der Waals surface area contributed by atoms with Gasteiger partial charge in [0, 0.05) is 51.4 Å². The predicted molar refractivity (Wildman–Crippen MR) is 77.9 cm³/mol. The summed E-state index contributed by atoms with van der Waals surface area (Å²) >= 11 is 0. The third kappa shape index (κ3) is 21.5. The van der Waals surface area contributed by atoms with Gasteiger partial charge in [-0.3, -0.25) is 0 Å². The van der Waals surface area contributed by atoms with Crippen molar-refractivity contribution in [1.29, 1.82) is 0 Å². The molecule has 0 aliphatic carbocycles. The van der Waals surface area contributed by atoms with Crippen molar-refractivity contribution in [3.63, 3.8) is 0 Å². The number of carboxylic acids is 2. The topological polar surface area (TPSA) is 191 Å². The van der Waals surface area contributed by atoms with Crippen LogP contribution in [0.15, 0.2) is 0 Å². The van der Waals surface area contributed by atoms with E-state index in [0.717, 1.165) is 13.1 Å². The molecule has 0 radical (unpaired) electrons. The Bertz CT molecular complexity index is 277. The largest absolute Gasteiger partial charge is 3.00 e. The van der Waals surface area contributed by atoms with Gasteiger partial charge in [-0.25, -0.2) is 0 Å². The van der Waals surface area contributed by atoms with Gasteiger partial charge in [-0.05, 0) is 13.8 Å². The predicted octanol–water partition coefficient (Wildman–Crippen LogP) is -9.03. The second kappa shape index (κ2) is 22.5. The van der Waals surface area contributed by atoms with Gasteiger partial charge in [0.15, 0.2) is 0 Å². The molecule has 0 aliphatic rings. The fourth-order valence-electron chi connectivity index (χ4n) is 1.35. The van der Waals surface area contributed by atoms with Crippen LogP contribution in [0.3, 0.4) is 0 Å². The molecule has 0 rings (SSSR count). The maximum Gasteiger partial charge on any atom is 3.00 e. The van der Waals surface area contributed by atoms with Crippen LogP contribution < -0.4 is 43.9 Å². The average molecular weight is 419 g/mol. The van der Waals surface area contributed by atoms with Gasteiger partial charge in [-0.2, -0.15) is 0 Å². The summed E-state index contributed by atoms with van der Waals surface area (Å²) in [6.07, 6.45) is 0. The number of hydrogen-bond donors (Lipinski definition) is 4. The molecule has 8 N–H and O–H groups in total. The molecule has 0 amide bonds. The van der Waals surface area contributed by atoms with E-state index < -0.39 is 24.0 Å². The Morgan fingerprint density at radius 1 is 0.750 bits per heavy atom. The molecule has 0 spiro atoms. The van der Waals surface area contributed by atoms with Crippen molar-refractivity contribution in [2.45, 2.75) is 25.9 Å². The van der Waals surface area contributed by atoms with Gasteiger partial charge in [0.25, 0.3) is 0 Å². The Morgan fingerprint density at radius 2 is 1.00 bits per heavy atom. The molecule has 12 heteroatoms. The van der Waals surface area contributed by atoms with Crippen LogP contribution in [0, 0.1) is 0 Å². The number of halogens is 1. The molecule has 0 aliphatic heterocycles. The molecular formula is C12H28ClCoN4O6. The smallest absolute Gasteiger partial charge is 1.00 e. The number of nitrogens with one attached hydrogen (secondary N) is 4. The first-order chi connectivity index (χ1) is 9.45. The molecule has 24 heavy (non-hydrogen) atoms. The molecule has 0 aromatic rings. The molecule has 2 atom stereocenters. The van der Waals surface area contributed by atoms with Crippen molar-refractivity contribution >= 4 is 11.9 Å². The van der Waals surface area contributed by atoms with Gasteiger partial charge in [0.1, 0.15) is 0 Å². The zero-order chi connectivity index (χ0) is 15.4. The summed E-state index contributed by atoms with van der Waals surface area (Å²) in [6.45, 7) is 7.02. The number of carbonyl (C=O) groups excluding carboxylic acids is 2. The van der Waals surface area contributed by atoms with Crippen molar-refractivity contribution in [2.75, 3.05) is 39.3 Å². The summed E-state index contributed by atoms with van der Waals surface area (Å²) in [5.41, 5.74) is 0. The van der Waals surface area contributed by atoms with Crippen LogP contribution in [-0.4, -0.2) is 74.2 Å². The van der Waals surface area contributed by atoms with Crippen molar-refractivity contribution in [1.82, 2.24) is 21.3 Å². The first-order valence-corrected chi connectivity index (χ1v) is 6.75. The second-order valence-corrected chi connectivity index (χ2v) is 4.49. The van der Waals surface area contributed by atoms with E-state index in [4.69, 9.17) is 0 Å². The Morgan fingerprint density at radius 3 is 1.25 bits per heavy atom.